The number of rotatable bonds is 4. The number of ether oxygens (including phenoxy) is 1. The van der Waals surface area contributed by atoms with Gasteiger partial charge < -0.3 is 4.74 Å². The van der Waals surface area contributed by atoms with Gasteiger partial charge in [0.25, 0.3) is 0 Å². The molecule has 142 valence electrons. The van der Waals surface area contributed by atoms with Crippen LogP contribution in [0.5, 0.6) is 0 Å². The Balaban J connectivity index is 1.44. The number of carbonyl (C=O) groups excluding carboxylic acids is 2. The number of benzene rings is 1. The van der Waals surface area contributed by atoms with E-state index in [1.807, 2.05) is 24.3 Å². The van der Waals surface area contributed by atoms with E-state index in [0.717, 1.165) is 15.2 Å². The van der Waals surface area contributed by atoms with Crippen LogP contribution in [0.25, 0.3) is 10.2 Å². The number of aromatic nitrogens is 1. The van der Waals surface area contributed by atoms with Crippen LogP contribution >= 0.6 is 11.3 Å². The number of carbonyl (C=O) groups is 2. The minimum absolute atomic E-state index is 0.0307. The van der Waals surface area contributed by atoms with Gasteiger partial charge in [0.2, 0.25) is 5.91 Å². The van der Waals surface area contributed by atoms with Crippen molar-refractivity contribution in [2.75, 3.05) is 11.5 Å². The second kappa shape index (κ2) is 7.01. The van der Waals surface area contributed by atoms with Crippen LogP contribution in [0.2, 0.25) is 0 Å². The number of hydrazone groups is 1. The molecule has 1 atom stereocenters. The first-order valence-corrected chi connectivity index (χ1v) is 11.2. The summed E-state index contributed by atoms with van der Waals surface area (Å²) < 4.78 is 29.6. The summed E-state index contributed by atoms with van der Waals surface area (Å²) in [5.74, 6) is -0.947. The molecule has 1 fully saturated rings. The molecule has 2 aromatic rings. The van der Waals surface area contributed by atoms with Gasteiger partial charge in [-0.2, -0.15) is 5.10 Å². The van der Waals surface area contributed by atoms with Crippen LogP contribution in [0.4, 0.5) is 0 Å². The summed E-state index contributed by atoms with van der Waals surface area (Å²) in [4.78, 5) is 28.9. The van der Waals surface area contributed by atoms with E-state index in [9.17, 15) is 18.0 Å². The molecule has 1 amide bonds. The topological polar surface area (TPSA) is 106 Å². The Kier molecular flexibility index (Phi) is 4.68. The number of thiazole rings is 1. The molecule has 1 saturated heterocycles. The molecule has 1 aromatic heterocycles. The molecule has 0 spiro atoms. The molecule has 27 heavy (non-hydrogen) atoms. The lowest BCUT2D eigenvalue weighted by Gasteiger charge is -2.27. The molecule has 0 saturated carbocycles. The molecule has 0 aliphatic carbocycles. The van der Waals surface area contributed by atoms with Crippen molar-refractivity contribution in [1.82, 2.24) is 9.99 Å². The minimum atomic E-state index is -3.15. The SMILES string of the molecule is O=C(OCc1nc2ccccc2s1)C1=NN(C2CCS(=O)(=O)C2)C(=O)CC1. The summed E-state index contributed by atoms with van der Waals surface area (Å²) in [5.41, 5.74) is 0.989. The zero-order valence-corrected chi connectivity index (χ0v) is 16.0. The Hall–Kier alpha value is -2.33. The maximum atomic E-state index is 12.3. The number of amides is 1. The van der Waals surface area contributed by atoms with E-state index in [1.54, 1.807) is 0 Å². The van der Waals surface area contributed by atoms with Gasteiger partial charge in [0.05, 0.1) is 27.8 Å². The fraction of sp³-hybridized carbons (Fsp3) is 0.412. The first-order valence-electron chi connectivity index (χ1n) is 8.53. The molecule has 3 heterocycles. The number of para-hydroxylation sites is 1. The van der Waals surface area contributed by atoms with Gasteiger partial charge in [0, 0.05) is 12.8 Å². The summed E-state index contributed by atoms with van der Waals surface area (Å²) >= 11 is 1.45. The highest BCUT2D eigenvalue weighted by molar-refractivity contribution is 7.91. The second-order valence-corrected chi connectivity index (χ2v) is 9.84. The van der Waals surface area contributed by atoms with Crippen molar-refractivity contribution in [3.05, 3.63) is 29.3 Å². The van der Waals surface area contributed by atoms with Gasteiger partial charge in [-0.3, -0.25) is 4.79 Å². The van der Waals surface area contributed by atoms with Crippen LogP contribution in [0, 0.1) is 0 Å². The Morgan fingerprint density at radius 3 is 2.85 bits per heavy atom. The van der Waals surface area contributed by atoms with Crippen molar-refractivity contribution in [1.29, 1.82) is 0 Å². The average molecular weight is 407 g/mol. The molecule has 1 unspecified atom stereocenters. The maximum Gasteiger partial charge on any atom is 0.354 e. The van der Waals surface area contributed by atoms with Gasteiger partial charge in [-0.1, -0.05) is 12.1 Å². The van der Waals surface area contributed by atoms with Gasteiger partial charge in [0.1, 0.15) is 17.3 Å². The van der Waals surface area contributed by atoms with E-state index < -0.39 is 21.8 Å². The molecule has 2 aliphatic rings. The van der Waals surface area contributed by atoms with Crippen LogP contribution in [0.3, 0.4) is 0 Å². The number of nitrogens with zero attached hydrogens (tertiary/aromatic N) is 3. The summed E-state index contributed by atoms with van der Waals surface area (Å²) in [5, 5.41) is 5.94. The summed E-state index contributed by atoms with van der Waals surface area (Å²) in [7, 11) is -3.15. The quantitative estimate of drug-likeness (QED) is 0.711. The van der Waals surface area contributed by atoms with Crippen molar-refractivity contribution in [3.63, 3.8) is 0 Å². The third kappa shape index (κ3) is 3.86. The van der Waals surface area contributed by atoms with Crippen molar-refractivity contribution >= 4 is 49.0 Å². The van der Waals surface area contributed by atoms with Crippen LogP contribution < -0.4 is 0 Å². The molecule has 10 heteroatoms. The number of hydrogen-bond donors (Lipinski definition) is 0. The molecule has 8 nitrogen and oxygen atoms in total. The standard InChI is InChI=1S/C17H17N3O5S2/c21-16-6-5-13(19-20(16)11-7-8-27(23,24)10-11)17(22)25-9-15-18-12-3-1-2-4-14(12)26-15/h1-4,11H,5-10H2. The highest BCUT2D eigenvalue weighted by Crippen LogP contribution is 2.24. The number of esters is 1. The fourth-order valence-corrected chi connectivity index (χ4v) is 5.74. The van der Waals surface area contributed by atoms with E-state index >= 15 is 0 Å². The van der Waals surface area contributed by atoms with Crippen LogP contribution in [0.1, 0.15) is 24.3 Å². The highest BCUT2D eigenvalue weighted by atomic mass is 32.2. The maximum absolute atomic E-state index is 12.3. The smallest absolute Gasteiger partial charge is 0.354 e. The number of fused-ring (bicyclic) bond motifs is 1. The molecule has 4 rings (SSSR count). The van der Waals surface area contributed by atoms with Gasteiger partial charge in [-0.05, 0) is 18.6 Å². The number of sulfone groups is 1. The average Bonchev–Trinajstić information content (AvgIpc) is 3.22. The predicted octanol–water partition coefficient (Wildman–Crippen LogP) is 1.50. The Labute approximate surface area is 159 Å². The Morgan fingerprint density at radius 1 is 1.30 bits per heavy atom. The van der Waals surface area contributed by atoms with E-state index in [1.165, 1.54) is 11.3 Å². The van der Waals surface area contributed by atoms with Crippen LogP contribution in [0.15, 0.2) is 29.4 Å². The zero-order chi connectivity index (χ0) is 19.0. The molecule has 0 N–H and O–H groups in total. The molecular formula is C17H17N3O5S2. The van der Waals surface area contributed by atoms with Crippen molar-refractivity contribution in [2.45, 2.75) is 31.9 Å². The fourth-order valence-electron chi connectivity index (χ4n) is 3.16. The molecular weight excluding hydrogens is 390 g/mol. The zero-order valence-electron chi connectivity index (χ0n) is 14.3. The van der Waals surface area contributed by atoms with Gasteiger partial charge in [0.15, 0.2) is 9.84 Å². The lowest BCUT2D eigenvalue weighted by molar-refractivity contribution is -0.138. The largest absolute Gasteiger partial charge is 0.454 e. The molecule has 0 radical (unpaired) electrons. The molecule has 0 bridgehead atoms. The van der Waals surface area contributed by atoms with E-state index in [2.05, 4.69) is 10.1 Å². The van der Waals surface area contributed by atoms with E-state index in [0.29, 0.717) is 11.4 Å². The molecule has 2 aliphatic heterocycles. The lowest BCUT2D eigenvalue weighted by atomic mass is 10.1. The van der Waals surface area contributed by atoms with Crippen molar-refractivity contribution < 1.29 is 22.7 Å². The summed E-state index contributed by atoms with van der Waals surface area (Å²) in [6.07, 6.45) is 0.644. The predicted molar refractivity (Wildman–Crippen MR) is 100.0 cm³/mol. The van der Waals surface area contributed by atoms with Gasteiger partial charge in [-0.25, -0.2) is 23.2 Å². The molecule has 1 aromatic carbocycles. The number of hydrogen-bond acceptors (Lipinski definition) is 8. The van der Waals surface area contributed by atoms with Crippen molar-refractivity contribution in [2.24, 2.45) is 5.10 Å². The second-order valence-electron chi connectivity index (χ2n) is 6.49. The van der Waals surface area contributed by atoms with Crippen LogP contribution in [-0.2, 0) is 30.8 Å². The van der Waals surface area contributed by atoms with Gasteiger partial charge in [-0.15, -0.1) is 11.3 Å². The first kappa shape index (κ1) is 18.1. The first-order chi connectivity index (χ1) is 12.9. The highest BCUT2D eigenvalue weighted by Gasteiger charge is 2.37. The summed E-state index contributed by atoms with van der Waals surface area (Å²) in [6, 6.07) is 7.14. The Bertz CT molecular complexity index is 1010. The summed E-state index contributed by atoms with van der Waals surface area (Å²) in [6.45, 7) is 0.0307. The van der Waals surface area contributed by atoms with E-state index in [-0.39, 0.29) is 42.6 Å². The third-order valence-corrected chi connectivity index (χ3v) is 7.27. The third-order valence-electron chi connectivity index (χ3n) is 4.51. The van der Waals surface area contributed by atoms with Crippen LogP contribution in [-0.4, -0.2) is 53.5 Å². The van der Waals surface area contributed by atoms with Crippen molar-refractivity contribution in [3.8, 4) is 0 Å². The van der Waals surface area contributed by atoms with E-state index in [4.69, 9.17) is 4.74 Å². The van der Waals surface area contributed by atoms with Gasteiger partial charge >= 0.3 is 5.97 Å². The normalized spacial score (nSPS) is 22.1. The lowest BCUT2D eigenvalue weighted by Crippen LogP contribution is -2.42. The monoisotopic (exact) mass is 407 g/mol. The Morgan fingerprint density at radius 2 is 2.11 bits per heavy atom. The minimum Gasteiger partial charge on any atom is -0.454 e.